The van der Waals surface area contributed by atoms with Crippen LogP contribution in [0.4, 0.5) is 5.69 Å². The van der Waals surface area contributed by atoms with Gasteiger partial charge in [-0.25, -0.2) is 0 Å². The molecule has 0 atom stereocenters. The Morgan fingerprint density at radius 3 is 2.87 bits per heavy atom. The molecule has 15 heavy (non-hydrogen) atoms. The molecule has 0 amide bonds. The number of H-pyrrole nitrogens is 1. The summed E-state index contributed by atoms with van der Waals surface area (Å²) in [7, 11) is 0. The van der Waals surface area contributed by atoms with E-state index < -0.39 is 0 Å². The number of aryl methyl sites for hydroxylation is 1. The minimum atomic E-state index is 0.855. The Labute approximate surface area is 89.8 Å². The Kier molecular flexibility index (Phi) is 3.97. The van der Waals surface area contributed by atoms with Gasteiger partial charge in [-0.1, -0.05) is 6.92 Å². The van der Waals surface area contributed by atoms with Crippen molar-refractivity contribution in [3.8, 4) is 0 Å². The van der Waals surface area contributed by atoms with Gasteiger partial charge in [0.15, 0.2) is 0 Å². The molecule has 4 nitrogen and oxygen atoms in total. The van der Waals surface area contributed by atoms with Gasteiger partial charge in [-0.05, 0) is 32.6 Å². The summed E-state index contributed by atoms with van der Waals surface area (Å²) in [4.78, 5) is 8.26. The van der Waals surface area contributed by atoms with Crippen molar-refractivity contribution in [2.24, 2.45) is 9.98 Å². The lowest BCUT2D eigenvalue weighted by atomic mass is 10.2. The molecule has 0 saturated carbocycles. The van der Waals surface area contributed by atoms with Crippen molar-refractivity contribution in [3.63, 3.8) is 0 Å². The first-order chi connectivity index (χ1) is 7.19. The van der Waals surface area contributed by atoms with Gasteiger partial charge < -0.3 is 0 Å². The maximum atomic E-state index is 4.32. The first-order valence-electron chi connectivity index (χ1n) is 4.89. The summed E-state index contributed by atoms with van der Waals surface area (Å²) in [6.45, 7) is 9.49. The van der Waals surface area contributed by atoms with Crippen molar-refractivity contribution < 1.29 is 0 Å². The third-order valence-electron chi connectivity index (χ3n) is 2.18. The first-order valence-corrected chi connectivity index (χ1v) is 4.89. The molecule has 0 aliphatic rings. The van der Waals surface area contributed by atoms with Crippen LogP contribution in [0.3, 0.4) is 0 Å². The Balaban J connectivity index is 2.86. The number of aliphatic imine (C=N–C) groups is 2. The fourth-order valence-corrected chi connectivity index (χ4v) is 1.23. The van der Waals surface area contributed by atoms with E-state index in [9.17, 15) is 0 Å². The summed E-state index contributed by atoms with van der Waals surface area (Å²) >= 11 is 0. The summed E-state index contributed by atoms with van der Waals surface area (Å²) in [6, 6.07) is 0. The van der Waals surface area contributed by atoms with E-state index in [0.717, 1.165) is 29.1 Å². The minimum Gasteiger partial charge on any atom is -0.281 e. The fraction of sp³-hybridized carbons (Fsp3) is 0.364. The van der Waals surface area contributed by atoms with E-state index >= 15 is 0 Å². The van der Waals surface area contributed by atoms with Crippen molar-refractivity contribution in [1.82, 2.24) is 10.2 Å². The maximum absolute atomic E-state index is 4.32. The second-order valence-corrected chi connectivity index (χ2v) is 3.28. The highest BCUT2D eigenvalue weighted by atomic mass is 15.1. The number of hydrogen-bond acceptors (Lipinski definition) is 3. The van der Waals surface area contributed by atoms with E-state index in [2.05, 4.69) is 26.9 Å². The molecule has 0 fully saturated rings. The molecule has 1 rings (SSSR count). The first kappa shape index (κ1) is 11.4. The zero-order valence-electron chi connectivity index (χ0n) is 9.41. The Bertz CT molecular complexity index is 398. The van der Waals surface area contributed by atoms with Crippen LogP contribution in [-0.2, 0) is 0 Å². The van der Waals surface area contributed by atoms with Crippen LogP contribution < -0.4 is 0 Å². The highest BCUT2D eigenvalue weighted by molar-refractivity contribution is 5.81. The summed E-state index contributed by atoms with van der Waals surface area (Å²) < 4.78 is 0. The van der Waals surface area contributed by atoms with Gasteiger partial charge in [-0.15, -0.1) is 0 Å². The monoisotopic (exact) mass is 204 g/mol. The summed E-state index contributed by atoms with van der Waals surface area (Å²) in [5.41, 5.74) is 3.82. The number of aromatic nitrogens is 2. The van der Waals surface area contributed by atoms with Gasteiger partial charge in [-0.3, -0.25) is 15.1 Å². The average molecular weight is 204 g/mol. The topological polar surface area (TPSA) is 53.4 Å². The molecular formula is C11H16N4. The second kappa shape index (κ2) is 5.24. The largest absolute Gasteiger partial charge is 0.281 e. The lowest BCUT2D eigenvalue weighted by Gasteiger charge is -1.98. The Morgan fingerprint density at radius 2 is 2.40 bits per heavy atom. The van der Waals surface area contributed by atoms with Crippen molar-refractivity contribution in [1.29, 1.82) is 0 Å². The van der Waals surface area contributed by atoms with Crippen LogP contribution >= 0.6 is 0 Å². The van der Waals surface area contributed by atoms with Crippen molar-refractivity contribution >= 4 is 18.6 Å². The molecule has 1 aromatic heterocycles. The van der Waals surface area contributed by atoms with Crippen molar-refractivity contribution in [2.75, 3.05) is 0 Å². The molecule has 0 radical (unpaired) electrons. The number of hydrogen-bond donors (Lipinski definition) is 1. The molecule has 0 aromatic carbocycles. The lowest BCUT2D eigenvalue weighted by Crippen LogP contribution is -1.85. The number of nitrogens with zero attached hydrogens (tertiary/aromatic N) is 3. The number of nitrogens with one attached hydrogen (secondary N) is 1. The molecule has 0 aliphatic heterocycles. The predicted octanol–water partition coefficient (Wildman–Crippen LogP) is 2.81. The molecule has 0 aliphatic carbocycles. The zero-order valence-corrected chi connectivity index (χ0v) is 9.41. The molecule has 1 aromatic rings. The molecule has 0 spiro atoms. The zero-order chi connectivity index (χ0) is 11.3. The summed E-state index contributed by atoms with van der Waals surface area (Å²) in [5, 5.41) is 6.73. The van der Waals surface area contributed by atoms with Crippen molar-refractivity contribution in [2.45, 2.75) is 27.2 Å². The predicted molar refractivity (Wildman–Crippen MR) is 64.0 cm³/mol. The molecule has 4 heteroatoms. The van der Waals surface area contributed by atoms with Gasteiger partial charge in [0.2, 0.25) is 0 Å². The van der Waals surface area contributed by atoms with Gasteiger partial charge in [0, 0.05) is 11.9 Å². The van der Waals surface area contributed by atoms with Crippen LogP contribution in [0.15, 0.2) is 27.5 Å². The second-order valence-electron chi connectivity index (χ2n) is 3.28. The van der Waals surface area contributed by atoms with Crippen LogP contribution in [0.5, 0.6) is 0 Å². The van der Waals surface area contributed by atoms with Crippen molar-refractivity contribution in [3.05, 3.63) is 23.2 Å². The summed E-state index contributed by atoms with van der Waals surface area (Å²) in [5.74, 6) is 0. The van der Waals surface area contributed by atoms with E-state index in [1.165, 1.54) is 0 Å². The molecule has 80 valence electrons. The third kappa shape index (κ3) is 2.87. The highest BCUT2D eigenvalue weighted by Gasteiger charge is 1.97. The lowest BCUT2D eigenvalue weighted by molar-refractivity contribution is 1.05. The number of rotatable bonds is 4. The maximum Gasteiger partial charge on any atom is 0.104 e. The van der Waals surface area contributed by atoms with Crippen LogP contribution in [0.25, 0.3) is 0 Å². The van der Waals surface area contributed by atoms with Gasteiger partial charge >= 0.3 is 0 Å². The molecule has 0 bridgehead atoms. The van der Waals surface area contributed by atoms with Crippen LogP contribution in [0, 0.1) is 6.92 Å². The van der Waals surface area contributed by atoms with E-state index in [1.807, 2.05) is 20.8 Å². The van der Waals surface area contributed by atoms with Crippen LogP contribution in [0.2, 0.25) is 0 Å². The molecular weight excluding hydrogens is 188 g/mol. The standard InChI is InChI=1S/C11H16N4/c1-5-10(12-4)8(2)6-13-11-7-14-15-9(11)3/h6-7H,4-5H2,1-3H3,(H,14,15)/b10-8-,13-6?. The minimum absolute atomic E-state index is 0.855. The van der Waals surface area contributed by atoms with E-state index in [0.29, 0.717) is 0 Å². The number of aromatic amines is 1. The smallest absolute Gasteiger partial charge is 0.104 e. The van der Waals surface area contributed by atoms with Gasteiger partial charge in [0.1, 0.15) is 5.69 Å². The molecule has 1 heterocycles. The van der Waals surface area contributed by atoms with Gasteiger partial charge in [0.05, 0.1) is 11.9 Å². The summed E-state index contributed by atoms with van der Waals surface area (Å²) in [6.07, 6.45) is 4.36. The Morgan fingerprint density at radius 1 is 1.67 bits per heavy atom. The SMILES string of the molecule is C=N/C(CC)=C(/C)C=Nc1cn[nH]c1C. The molecule has 0 saturated heterocycles. The van der Waals surface area contributed by atoms with Crippen LogP contribution in [0.1, 0.15) is 26.0 Å². The molecule has 0 unspecified atom stereocenters. The van der Waals surface area contributed by atoms with Gasteiger partial charge in [-0.2, -0.15) is 5.10 Å². The normalized spacial score (nSPS) is 13.0. The van der Waals surface area contributed by atoms with Crippen LogP contribution in [-0.4, -0.2) is 23.1 Å². The fourth-order valence-electron chi connectivity index (χ4n) is 1.23. The number of allylic oxidation sites excluding steroid dienone is 2. The third-order valence-corrected chi connectivity index (χ3v) is 2.18. The van der Waals surface area contributed by atoms with E-state index in [-0.39, 0.29) is 0 Å². The quantitative estimate of drug-likeness (QED) is 0.753. The average Bonchev–Trinajstić information content (AvgIpc) is 2.63. The Hall–Kier alpha value is -1.71. The van der Waals surface area contributed by atoms with Gasteiger partial charge in [0.25, 0.3) is 0 Å². The molecule has 1 N–H and O–H groups in total. The van der Waals surface area contributed by atoms with E-state index in [1.54, 1.807) is 12.4 Å². The van der Waals surface area contributed by atoms with E-state index in [4.69, 9.17) is 0 Å². The highest BCUT2D eigenvalue weighted by Crippen LogP contribution is 2.15.